The fraction of sp³-hybridized carbons (Fsp3) is 0.500. The quantitative estimate of drug-likeness (QED) is 0.676. The highest BCUT2D eigenvalue weighted by molar-refractivity contribution is 5.52. The molecule has 1 aliphatic rings. The largest absolute Gasteiger partial charge is 0.307 e. The molecule has 2 rings (SSSR count). The van der Waals surface area contributed by atoms with Crippen molar-refractivity contribution in [2.45, 2.75) is 47.5 Å². The van der Waals surface area contributed by atoms with Crippen molar-refractivity contribution in [1.29, 1.82) is 0 Å². The number of allylic oxidation sites excluding steroid dienone is 2. The van der Waals surface area contributed by atoms with Gasteiger partial charge in [-0.05, 0) is 18.9 Å². The standard InChI is InChI=1S/C10H12N2.2C2H6/c1-2-9-4-3-6-12-7-5-11-10(12)8-9;2*1-2/h3,5-8H,2,4H2,1H3;2*1-2H3. The summed E-state index contributed by atoms with van der Waals surface area (Å²) in [7, 11) is 0. The van der Waals surface area contributed by atoms with E-state index in [1.165, 1.54) is 5.57 Å². The van der Waals surface area contributed by atoms with Crippen molar-refractivity contribution in [2.75, 3.05) is 0 Å². The highest BCUT2D eigenvalue weighted by atomic mass is 15.0. The van der Waals surface area contributed by atoms with Crippen LogP contribution in [0.1, 0.15) is 53.3 Å². The number of hydrogen-bond acceptors (Lipinski definition) is 1. The predicted octanol–water partition coefficient (Wildman–Crippen LogP) is 4.60. The minimum atomic E-state index is 1.04. The van der Waals surface area contributed by atoms with Crippen LogP contribution in [0.25, 0.3) is 12.3 Å². The van der Waals surface area contributed by atoms with Gasteiger partial charge in [0.05, 0.1) is 0 Å². The third kappa shape index (κ3) is 4.05. The van der Waals surface area contributed by atoms with Gasteiger partial charge in [0.1, 0.15) is 5.82 Å². The van der Waals surface area contributed by atoms with Gasteiger partial charge in [0.15, 0.2) is 0 Å². The molecular weight excluding hydrogens is 196 g/mol. The molecule has 0 saturated carbocycles. The molecule has 1 aromatic rings. The predicted molar refractivity (Wildman–Crippen MR) is 73.1 cm³/mol. The van der Waals surface area contributed by atoms with E-state index >= 15 is 0 Å². The molecule has 16 heavy (non-hydrogen) atoms. The third-order valence-corrected chi connectivity index (χ3v) is 2.13. The van der Waals surface area contributed by atoms with Gasteiger partial charge >= 0.3 is 0 Å². The number of rotatable bonds is 1. The third-order valence-electron chi connectivity index (χ3n) is 2.13. The van der Waals surface area contributed by atoms with Crippen molar-refractivity contribution in [3.8, 4) is 0 Å². The number of hydrogen-bond donors (Lipinski definition) is 0. The van der Waals surface area contributed by atoms with Crippen LogP contribution in [0.4, 0.5) is 0 Å². The molecule has 0 radical (unpaired) electrons. The molecule has 2 heterocycles. The van der Waals surface area contributed by atoms with Crippen LogP contribution < -0.4 is 0 Å². The Bertz CT molecular complexity index is 332. The normalized spacial score (nSPS) is 12.2. The van der Waals surface area contributed by atoms with Crippen molar-refractivity contribution in [1.82, 2.24) is 9.55 Å². The van der Waals surface area contributed by atoms with Crippen LogP contribution in [0.5, 0.6) is 0 Å². The summed E-state index contributed by atoms with van der Waals surface area (Å²) in [6.45, 7) is 10.2. The molecule has 0 unspecified atom stereocenters. The maximum atomic E-state index is 4.25. The van der Waals surface area contributed by atoms with Gasteiger partial charge < -0.3 is 4.57 Å². The van der Waals surface area contributed by atoms with E-state index in [0.29, 0.717) is 0 Å². The summed E-state index contributed by atoms with van der Waals surface area (Å²) in [6, 6.07) is 0. The van der Waals surface area contributed by atoms with Gasteiger partial charge in [-0.25, -0.2) is 4.98 Å². The van der Waals surface area contributed by atoms with Crippen LogP contribution in [0, 0.1) is 0 Å². The molecule has 2 nitrogen and oxygen atoms in total. The zero-order valence-electron chi connectivity index (χ0n) is 11.2. The molecule has 0 spiro atoms. The monoisotopic (exact) mass is 220 g/mol. The van der Waals surface area contributed by atoms with Crippen molar-refractivity contribution in [3.05, 3.63) is 29.9 Å². The summed E-state index contributed by atoms with van der Waals surface area (Å²) >= 11 is 0. The summed E-state index contributed by atoms with van der Waals surface area (Å²) in [5, 5.41) is 0. The smallest absolute Gasteiger partial charge is 0.136 e. The molecule has 90 valence electrons. The lowest BCUT2D eigenvalue weighted by atomic mass is 10.1. The van der Waals surface area contributed by atoms with E-state index in [-0.39, 0.29) is 0 Å². The van der Waals surface area contributed by atoms with Gasteiger partial charge in [0, 0.05) is 18.6 Å². The van der Waals surface area contributed by atoms with E-state index in [1.807, 2.05) is 44.7 Å². The molecule has 0 N–H and O–H groups in total. The van der Waals surface area contributed by atoms with E-state index in [1.54, 1.807) is 0 Å². The number of fused-ring (bicyclic) bond motifs is 1. The maximum Gasteiger partial charge on any atom is 0.136 e. The summed E-state index contributed by atoms with van der Waals surface area (Å²) in [5.74, 6) is 1.04. The summed E-state index contributed by atoms with van der Waals surface area (Å²) in [6.07, 6.45) is 12.4. The average molecular weight is 220 g/mol. The van der Waals surface area contributed by atoms with Crippen molar-refractivity contribution in [2.24, 2.45) is 0 Å². The lowest BCUT2D eigenvalue weighted by Crippen LogP contribution is -1.86. The molecule has 0 fully saturated rings. The van der Waals surface area contributed by atoms with Crippen molar-refractivity contribution in [3.63, 3.8) is 0 Å². The lowest BCUT2D eigenvalue weighted by Gasteiger charge is -1.96. The van der Waals surface area contributed by atoms with Gasteiger partial charge in [0.2, 0.25) is 0 Å². The Kier molecular flexibility index (Phi) is 8.22. The van der Waals surface area contributed by atoms with Gasteiger partial charge in [0.25, 0.3) is 0 Å². The highest BCUT2D eigenvalue weighted by Crippen LogP contribution is 2.16. The average Bonchev–Trinajstić information content (AvgIpc) is 2.72. The van der Waals surface area contributed by atoms with Gasteiger partial charge in [-0.15, -0.1) is 0 Å². The zero-order valence-corrected chi connectivity index (χ0v) is 11.2. The number of imidazole rings is 1. The van der Waals surface area contributed by atoms with Crippen LogP contribution in [-0.4, -0.2) is 9.55 Å². The number of nitrogens with zero attached hydrogens (tertiary/aromatic N) is 2. The Morgan fingerprint density at radius 3 is 2.56 bits per heavy atom. The fourth-order valence-corrected chi connectivity index (χ4v) is 1.37. The van der Waals surface area contributed by atoms with Gasteiger partial charge in [-0.3, -0.25) is 0 Å². The lowest BCUT2D eigenvalue weighted by molar-refractivity contribution is 1.05. The summed E-state index contributed by atoms with van der Waals surface area (Å²) in [5.41, 5.74) is 1.44. The molecule has 0 aromatic carbocycles. The first kappa shape index (κ1) is 14.7. The topological polar surface area (TPSA) is 17.8 Å². The Balaban J connectivity index is 0.000000509. The van der Waals surface area contributed by atoms with Gasteiger partial charge in [-0.1, -0.05) is 46.3 Å². The van der Waals surface area contributed by atoms with Crippen LogP contribution >= 0.6 is 0 Å². The van der Waals surface area contributed by atoms with Crippen molar-refractivity contribution < 1.29 is 0 Å². The molecule has 1 aliphatic heterocycles. The minimum absolute atomic E-state index is 1.04. The van der Waals surface area contributed by atoms with Gasteiger partial charge in [-0.2, -0.15) is 0 Å². The second kappa shape index (κ2) is 8.96. The molecule has 2 heteroatoms. The first-order valence-corrected chi connectivity index (χ1v) is 6.29. The van der Waals surface area contributed by atoms with Crippen LogP contribution in [-0.2, 0) is 0 Å². The first-order chi connectivity index (χ1) is 7.90. The highest BCUT2D eigenvalue weighted by Gasteiger charge is 2.01. The summed E-state index contributed by atoms with van der Waals surface area (Å²) in [4.78, 5) is 4.25. The van der Waals surface area contributed by atoms with E-state index < -0.39 is 0 Å². The molecule has 0 amide bonds. The van der Waals surface area contributed by atoms with Crippen molar-refractivity contribution >= 4 is 12.3 Å². The van der Waals surface area contributed by atoms with Crippen LogP contribution in [0.3, 0.4) is 0 Å². The Hall–Kier alpha value is -1.31. The molecule has 0 bridgehead atoms. The Labute approximate surface area is 99.7 Å². The van der Waals surface area contributed by atoms with E-state index in [9.17, 15) is 0 Å². The summed E-state index contributed by atoms with van der Waals surface area (Å²) < 4.78 is 2.04. The second-order valence-electron chi connectivity index (χ2n) is 2.94. The minimum Gasteiger partial charge on any atom is -0.307 e. The molecule has 0 aliphatic carbocycles. The Morgan fingerprint density at radius 1 is 1.25 bits per heavy atom. The number of aromatic nitrogens is 2. The Morgan fingerprint density at radius 2 is 1.94 bits per heavy atom. The molecule has 1 aromatic heterocycles. The molecule has 0 atom stereocenters. The zero-order chi connectivity index (χ0) is 12.4. The van der Waals surface area contributed by atoms with E-state index in [0.717, 1.165) is 18.7 Å². The molecular formula is C14H24N2. The maximum absolute atomic E-state index is 4.25. The van der Waals surface area contributed by atoms with Crippen LogP contribution in [0.2, 0.25) is 0 Å². The van der Waals surface area contributed by atoms with E-state index in [4.69, 9.17) is 0 Å². The first-order valence-electron chi connectivity index (χ1n) is 6.29. The second-order valence-corrected chi connectivity index (χ2v) is 2.94. The van der Waals surface area contributed by atoms with Crippen LogP contribution in [0.15, 0.2) is 24.0 Å². The SMILES string of the molecule is CC.CC.CCC1=Cc2nccn2C=CC1. The molecule has 0 saturated heterocycles. The fourth-order valence-electron chi connectivity index (χ4n) is 1.37. The van der Waals surface area contributed by atoms with E-state index in [2.05, 4.69) is 30.3 Å².